The fourth-order valence-electron chi connectivity index (χ4n) is 0.712. The first kappa shape index (κ1) is 13.5. The van der Waals surface area contributed by atoms with E-state index >= 15 is 0 Å². The molecule has 0 fully saturated rings. The van der Waals surface area contributed by atoms with Crippen LogP contribution in [0.2, 0.25) is 7.78 Å². The number of hydrogen-bond acceptors (Lipinski definition) is 0. The Bertz CT molecular complexity index is 74.4. The number of hydrogen-bond donors (Lipinski definition) is 0. The van der Waals surface area contributed by atoms with Crippen LogP contribution in [-0.4, -0.2) is 0 Å². The van der Waals surface area contributed by atoms with Gasteiger partial charge in [-0.3, -0.25) is 0 Å². The zero-order valence-corrected chi connectivity index (χ0v) is 10.1. The molecule has 0 amide bonds. The topological polar surface area (TPSA) is 0 Å². The molecule has 0 aromatic heterocycles. The fourth-order valence-corrected chi connectivity index (χ4v) is 4.21. The van der Waals surface area contributed by atoms with Gasteiger partial charge in [-0.2, -0.15) is 0 Å². The summed E-state index contributed by atoms with van der Waals surface area (Å²) in [7, 11) is 0. The van der Waals surface area contributed by atoms with E-state index in [0.717, 1.165) is 18.0 Å². The maximum absolute atomic E-state index is 2.31. The van der Waals surface area contributed by atoms with Gasteiger partial charge in [-0.05, 0) is 0 Å². The average molecular weight is 257 g/mol. The Kier molecular flexibility index (Phi) is 5.55. The number of halogens is 1. The van der Waals surface area contributed by atoms with Crippen LogP contribution >= 0.6 is 12.4 Å². The molecule has 2 heteroatoms. The van der Waals surface area contributed by atoms with Gasteiger partial charge in [-0.1, -0.05) is 0 Å². The third-order valence-electron chi connectivity index (χ3n) is 0.474. The van der Waals surface area contributed by atoms with Gasteiger partial charge >= 0.3 is 67.3 Å². The first-order chi connectivity index (χ1) is 3.71. The van der Waals surface area contributed by atoms with Crippen molar-refractivity contribution in [2.75, 3.05) is 0 Å². The number of rotatable bonds is 0. The van der Waals surface area contributed by atoms with Crippen molar-refractivity contribution in [3.8, 4) is 0 Å². The van der Waals surface area contributed by atoms with Crippen LogP contribution < -0.4 is 0 Å². The van der Waals surface area contributed by atoms with E-state index in [9.17, 15) is 0 Å². The maximum atomic E-state index is 2.31. The molecule has 10 heavy (non-hydrogen) atoms. The van der Waals surface area contributed by atoms with Gasteiger partial charge in [0.15, 0.2) is 0 Å². The molecule has 0 bridgehead atoms. The molecule has 0 atom stereocenters. The molecular formula is C8H19ClPd. The van der Waals surface area contributed by atoms with Crippen LogP contribution in [0.25, 0.3) is 0 Å². The molecule has 0 aromatic carbocycles. The van der Waals surface area contributed by atoms with Gasteiger partial charge in [0.25, 0.3) is 0 Å². The van der Waals surface area contributed by atoms with Crippen molar-refractivity contribution in [3.63, 3.8) is 0 Å². The fraction of sp³-hybridized carbons (Fsp3) is 1.00. The van der Waals surface area contributed by atoms with Gasteiger partial charge in [-0.25, -0.2) is 0 Å². The van der Waals surface area contributed by atoms with Crippen molar-refractivity contribution in [2.45, 2.75) is 49.3 Å². The Morgan fingerprint density at radius 3 is 0.900 bits per heavy atom. The molecule has 0 aromatic rings. The second kappa shape index (κ2) is 4.10. The quantitative estimate of drug-likeness (QED) is 0.577. The molecule has 0 heterocycles. The summed E-state index contributed by atoms with van der Waals surface area (Å²) >= 11 is 0.858. The SMILES string of the molecule is C[C](C)(C)[Pd][C](C)(C)C.Cl. The van der Waals surface area contributed by atoms with Crippen molar-refractivity contribution in [3.05, 3.63) is 0 Å². The van der Waals surface area contributed by atoms with Crippen molar-refractivity contribution < 1.29 is 18.0 Å². The van der Waals surface area contributed by atoms with Crippen LogP contribution in [0.4, 0.5) is 0 Å². The molecule has 0 rings (SSSR count). The first-order valence-electron chi connectivity index (χ1n) is 3.32. The van der Waals surface area contributed by atoms with Crippen molar-refractivity contribution in [2.24, 2.45) is 0 Å². The molecule has 0 saturated carbocycles. The van der Waals surface area contributed by atoms with E-state index in [1.807, 2.05) is 0 Å². The smallest absolute Gasteiger partial charge is 0.147 e. The third-order valence-corrected chi connectivity index (χ3v) is 2.81. The molecule has 0 N–H and O–H groups in total. The molecule has 0 aliphatic carbocycles. The molecular weight excluding hydrogens is 238 g/mol. The molecule has 0 spiro atoms. The summed E-state index contributed by atoms with van der Waals surface area (Å²) in [5.74, 6) is 0. The zero-order chi connectivity index (χ0) is 7.71. The van der Waals surface area contributed by atoms with Gasteiger partial charge in [-0.15, -0.1) is 12.4 Å². The van der Waals surface area contributed by atoms with Crippen LogP contribution in [0.1, 0.15) is 41.5 Å². The van der Waals surface area contributed by atoms with E-state index in [4.69, 9.17) is 0 Å². The van der Waals surface area contributed by atoms with E-state index in [-0.39, 0.29) is 12.4 Å². The minimum absolute atomic E-state index is 0. The summed E-state index contributed by atoms with van der Waals surface area (Å²) in [6, 6.07) is 0. The molecule has 0 aliphatic rings. The maximum Gasteiger partial charge on any atom is -0.147 e. The first-order valence-corrected chi connectivity index (χ1v) is 4.87. The monoisotopic (exact) mass is 256 g/mol. The normalized spacial score (nSPS) is 13.0. The van der Waals surface area contributed by atoms with Crippen LogP contribution in [0.5, 0.6) is 0 Å². The predicted molar refractivity (Wildman–Crippen MR) is 46.7 cm³/mol. The summed E-state index contributed by atoms with van der Waals surface area (Å²) in [5.41, 5.74) is 0. The Hall–Kier alpha value is 0.952. The summed E-state index contributed by atoms with van der Waals surface area (Å²) in [4.78, 5) is 0. The second-order valence-electron chi connectivity index (χ2n) is 4.03. The van der Waals surface area contributed by atoms with Crippen molar-refractivity contribution in [1.29, 1.82) is 0 Å². The van der Waals surface area contributed by atoms with E-state index in [0.29, 0.717) is 7.78 Å². The standard InChI is InChI=1S/2C4H9.ClH.Pd/c2*1-4(2)3;;/h2*1-3H3;1H;. The minimum atomic E-state index is 0. The average Bonchev–Trinajstić information content (AvgIpc) is 1.14. The molecule has 0 nitrogen and oxygen atoms in total. The molecule has 68 valence electrons. The molecule has 0 aliphatic heterocycles. The molecule has 0 unspecified atom stereocenters. The van der Waals surface area contributed by atoms with Crippen LogP contribution in [0.3, 0.4) is 0 Å². The largest absolute Gasteiger partial charge is 0.147 e. The van der Waals surface area contributed by atoms with E-state index < -0.39 is 0 Å². The summed E-state index contributed by atoms with van der Waals surface area (Å²) in [5, 5.41) is 0. The Morgan fingerprint density at radius 2 is 0.900 bits per heavy atom. The second-order valence-corrected chi connectivity index (χ2v) is 9.08. The van der Waals surface area contributed by atoms with Gasteiger partial charge < -0.3 is 0 Å². The van der Waals surface area contributed by atoms with Crippen LogP contribution in [0, 0.1) is 0 Å². The van der Waals surface area contributed by atoms with E-state index in [2.05, 4.69) is 41.5 Å². The zero-order valence-electron chi connectivity index (χ0n) is 7.72. The van der Waals surface area contributed by atoms with Gasteiger partial charge in [0.1, 0.15) is 0 Å². The summed E-state index contributed by atoms with van der Waals surface area (Å²) in [6.07, 6.45) is 0. The third kappa shape index (κ3) is 11.7. The van der Waals surface area contributed by atoms with E-state index in [1.165, 1.54) is 0 Å². The Labute approximate surface area is 79.7 Å². The Morgan fingerprint density at radius 1 is 0.700 bits per heavy atom. The summed E-state index contributed by atoms with van der Waals surface area (Å²) in [6.45, 7) is 13.9. The summed E-state index contributed by atoms with van der Waals surface area (Å²) < 4.78 is 1.07. The molecule has 0 saturated heterocycles. The van der Waals surface area contributed by atoms with Gasteiger partial charge in [0, 0.05) is 0 Å². The predicted octanol–water partition coefficient (Wildman–Crippen LogP) is 3.93. The van der Waals surface area contributed by atoms with Gasteiger partial charge in [0.2, 0.25) is 0 Å². The van der Waals surface area contributed by atoms with E-state index in [1.54, 1.807) is 0 Å². The van der Waals surface area contributed by atoms with Crippen LogP contribution in [-0.2, 0) is 18.0 Å². The van der Waals surface area contributed by atoms with Crippen molar-refractivity contribution >= 4 is 12.4 Å². The molecule has 0 radical (unpaired) electrons. The minimum Gasteiger partial charge on any atom is -0.147 e. The van der Waals surface area contributed by atoms with Gasteiger partial charge in [0.05, 0.1) is 0 Å². The van der Waals surface area contributed by atoms with Crippen LogP contribution in [0.15, 0.2) is 0 Å². The van der Waals surface area contributed by atoms with Crippen molar-refractivity contribution in [1.82, 2.24) is 0 Å². The Balaban J connectivity index is 0.